The van der Waals surface area contributed by atoms with E-state index in [-0.39, 0.29) is 24.8 Å². The maximum absolute atomic E-state index is 12.9. The van der Waals surface area contributed by atoms with Gasteiger partial charge in [-0.3, -0.25) is 11.3 Å². The molecule has 0 amide bonds. The van der Waals surface area contributed by atoms with Gasteiger partial charge in [-0.2, -0.15) is 0 Å². The normalized spacial score (nSPS) is 23.7. The number of hydrogen-bond acceptors (Lipinski definition) is 2. The molecular formula is C11H20F2N2. The van der Waals surface area contributed by atoms with E-state index >= 15 is 0 Å². The van der Waals surface area contributed by atoms with Crippen LogP contribution >= 0.6 is 0 Å². The van der Waals surface area contributed by atoms with E-state index in [4.69, 9.17) is 5.84 Å². The quantitative estimate of drug-likeness (QED) is 0.432. The zero-order valence-electron chi connectivity index (χ0n) is 9.23. The molecule has 0 aromatic rings. The summed E-state index contributed by atoms with van der Waals surface area (Å²) in [5, 5.41) is 0. The van der Waals surface area contributed by atoms with Crippen molar-refractivity contribution < 1.29 is 8.78 Å². The minimum atomic E-state index is -2.46. The Bertz CT molecular complexity index is 219. The maximum Gasteiger partial charge on any atom is 0.248 e. The van der Waals surface area contributed by atoms with Crippen LogP contribution in [0.2, 0.25) is 0 Å². The van der Waals surface area contributed by atoms with Gasteiger partial charge in [0.25, 0.3) is 0 Å². The number of hydrazine groups is 1. The van der Waals surface area contributed by atoms with Gasteiger partial charge in [0, 0.05) is 18.9 Å². The van der Waals surface area contributed by atoms with Gasteiger partial charge in [-0.25, -0.2) is 8.78 Å². The van der Waals surface area contributed by atoms with E-state index < -0.39 is 5.92 Å². The summed E-state index contributed by atoms with van der Waals surface area (Å²) in [5.74, 6) is 3.24. The Kier molecular flexibility index (Phi) is 4.22. The third kappa shape index (κ3) is 3.87. The number of halogens is 2. The van der Waals surface area contributed by atoms with Crippen LogP contribution in [0.1, 0.15) is 39.0 Å². The molecule has 15 heavy (non-hydrogen) atoms. The lowest BCUT2D eigenvalue weighted by Gasteiger charge is -2.33. The SMILES string of the molecule is C=C(C)CC(NN)C1CCC(F)(F)CC1. The van der Waals surface area contributed by atoms with Gasteiger partial charge in [0.1, 0.15) is 0 Å². The van der Waals surface area contributed by atoms with Gasteiger partial charge >= 0.3 is 0 Å². The largest absolute Gasteiger partial charge is 0.271 e. The molecule has 4 heteroatoms. The van der Waals surface area contributed by atoms with Crippen LogP contribution in [0.3, 0.4) is 0 Å². The van der Waals surface area contributed by atoms with Crippen LogP contribution in [-0.4, -0.2) is 12.0 Å². The molecule has 88 valence electrons. The van der Waals surface area contributed by atoms with Crippen molar-refractivity contribution in [2.75, 3.05) is 0 Å². The fourth-order valence-corrected chi connectivity index (χ4v) is 2.20. The smallest absolute Gasteiger partial charge is 0.248 e. The summed E-state index contributed by atoms with van der Waals surface area (Å²) in [7, 11) is 0. The molecule has 0 heterocycles. The average Bonchev–Trinajstić information content (AvgIpc) is 2.14. The first kappa shape index (κ1) is 12.6. The summed E-state index contributed by atoms with van der Waals surface area (Å²) >= 11 is 0. The lowest BCUT2D eigenvalue weighted by molar-refractivity contribution is -0.0495. The van der Waals surface area contributed by atoms with Crippen molar-refractivity contribution >= 4 is 0 Å². The molecule has 0 aliphatic heterocycles. The van der Waals surface area contributed by atoms with Gasteiger partial charge in [0.05, 0.1) is 0 Å². The molecule has 0 radical (unpaired) electrons. The Morgan fingerprint density at radius 1 is 1.53 bits per heavy atom. The zero-order valence-corrected chi connectivity index (χ0v) is 9.23. The summed E-state index contributed by atoms with van der Waals surface area (Å²) in [6, 6.07) is 0.0959. The summed E-state index contributed by atoms with van der Waals surface area (Å²) in [5.41, 5.74) is 3.76. The average molecular weight is 218 g/mol. The lowest BCUT2D eigenvalue weighted by Crippen LogP contribution is -2.43. The second-order valence-corrected chi connectivity index (χ2v) is 4.63. The summed E-state index contributed by atoms with van der Waals surface area (Å²) in [6.07, 6.45) is 1.86. The van der Waals surface area contributed by atoms with E-state index in [9.17, 15) is 8.78 Å². The first-order chi connectivity index (χ1) is 6.94. The number of nitrogens with two attached hydrogens (primary N) is 1. The molecule has 3 N–H and O–H groups in total. The molecular weight excluding hydrogens is 198 g/mol. The van der Waals surface area contributed by atoms with Gasteiger partial charge in [-0.1, -0.05) is 5.57 Å². The molecule has 1 rings (SSSR count). The predicted octanol–water partition coefficient (Wildman–Crippen LogP) is 2.61. The second kappa shape index (κ2) is 5.03. The molecule has 1 atom stereocenters. The Morgan fingerprint density at radius 3 is 2.47 bits per heavy atom. The van der Waals surface area contributed by atoms with E-state index in [1.54, 1.807) is 0 Å². The van der Waals surface area contributed by atoms with Crippen molar-refractivity contribution in [1.29, 1.82) is 0 Å². The van der Waals surface area contributed by atoms with Crippen LogP contribution in [0.15, 0.2) is 12.2 Å². The second-order valence-electron chi connectivity index (χ2n) is 4.63. The highest BCUT2D eigenvalue weighted by Crippen LogP contribution is 2.38. The molecule has 1 saturated carbocycles. The Morgan fingerprint density at radius 2 is 2.07 bits per heavy atom. The molecule has 0 spiro atoms. The fraction of sp³-hybridized carbons (Fsp3) is 0.818. The minimum absolute atomic E-state index is 0.00790. The van der Waals surface area contributed by atoms with Crippen molar-refractivity contribution in [3.8, 4) is 0 Å². The van der Waals surface area contributed by atoms with Crippen LogP contribution in [0.25, 0.3) is 0 Å². The molecule has 2 nitrogen and oxygen atoms in total. The first-order valence-corrected chi connectivity index (χ1v) is 5.43. The Hall–Kier alpha value is -0.480. The molecule has 1 aliphatic carbocycles. The van der Waals surface area contributed by atoms with Crippen LogP contribution < -0.4 is 11.3 Å². The van der Waals surface area contributed by atoms with Gasteiger partial charge in [-0.15, -0.1) is 6.58 Å². The predicted molar refractivity (Wildman–Crippen MR) is 57.4 cm³/mol. The zero-order chi connectivity index (χ0) is 11.5. The highest BCUT2D eigenvalue weighted by atomic mass is 19.3. The minimum Gasteiger partial charge on any atom is -0.271 e. The van der Waals surface area contributed by atoms with Crippen molar-refractivity contribution in [2.24, 2.45) is 11.8 Å². The van der Waals surface area contributed by atoms with Gasteiger partial charge in [0.15, 0.2) is 0 Å². The standard InChI is InChI=1S/C11H20F2N2/c1-8(2)7-10(15-14)9-3-5-11(12,13)6-4-9/h9-10,15H,1,3-7,14H2,2H3. The Labute approximate surface area is 89.9 Å². The highest BCUT2D eigenvalue weighted by Gasteiger charge is 2.37. The van der Waals surface area contributed by atoms with Crippen LogP contribution in [0.5, 0.6) is 0 Å². The van der Waals surface area contributed by atoms with Crippen LogP contribution in [-0.2, 0) is 0 Å². The summed E-state index contributed by atoms with van der Waals surface area (Å²) in [6.45, 7) is 5.75. The fourth-order valence-electron chi connectivity index (χ4n) is 2.20. The number of alkyl halides is 2. The van der Waals surface area contributed by atoms with Crippen LogP contribution in [0.4, 0.5) is 8.78 Å². The molecule has 1 fully saturated rings. The maximum atomic E-state index is 12.9. The van der Waals surface area contributed by atoms with E-state index in [1.807, 2.05) is 6.92 Å². The molecule has 1 aliphatic rings. The van der Waals surface area contributed by atoms with E-state index in [0.717, 1.165) is 12.0 Å². The monoisotopic (exact) mass is 218 g/mol. The van der Waals surface area contributed by atoms with Crippen molar-refractivity contribution in [1.82, 2.24) is 5.43 Å². The van der Waals surface area contributed by atoms with Gasteiger partial charge < -0.3 is 0 Å². The lowest BCUT2D eigenvalue weighted by atomic mass is 9.80. The van der Waals surface area contributed by atoms with Crippen LogP contribution in [0, 0.1) is 5.92 Å². The summed E-state index contributed by atoms with van der Waals surface area (Å²) < 4.78 is 25.9. The van der Waals surface area contributed by atoms with E-state index in [2.05, 4.69) is 12.0 Å². The number of hydrogen-bond donors (Lipinski definition) is 2. The first-order valence-electron chi connectivity index (χ1n) is 5.43. The number of rotatable bonds is 4. The van der Waals surface area contributed by atoms with Crippen molar-refractivity contribution in [3.63, 3.8) is 0 Å². The van der Waals surface area contributed by atoms with Gasteiger partial charge in [0.2, 0.25) is 5.92 Å². The Balaban J connectivity index is 2.46. The number of nitrogens with one attached hydrogen (secondary N) is 1. The van der Waals surface area contributed by atoms with E-state index in [1.165, 1.54) is 0 Å². The summed E-state index contributed by atoms with van der Waals surface area (Å²) in [4.78, 5) is 0. The molecule has 1 unspecified atom stereocenters. The molecule has 0 saturated heterocycles. The van der Waals surface area contributed by atoms with Crippen molar-refractivity contribution in [3.05, 3.63) is 12.2 Å². The third-order valence-corrected chi connectivity index (χ3v) is 3.11. The molecule has 0 aromatic carbocycles. The van der Waals surface area contributed by atoms with E-state index in [0.29, 0.717) is 12.8 Å². The third-order valence-electron chi connectivity index (χ3n) is 3.11. The topological polar surface area (TPSA) is 38.0 Å². The molecule has 0 bridgehead atoms. The highest BCUT2D eigenvalue weighted by molar-refractivity contribution is 4.95. The van der Waals surface area contributed by atoms with Crippen molar-refractivity contribution in [2.45, 2.75) is 51.0 Å². The van der Waals surface area contributed by atoms with Gasteiger partial charge in [-0.05, 0) is 32.1 Å². The molecule has 0 aromatic heterocycles.